The van der Waals surface area contributed by atoms with Crippen molar-refractivity contribution in [3.63, 3.8) is 0 Å². The molecule has 2 aromatic carbocycles. The van der Waals surface area contributed by atoms with Crippen molar-refractivity contribution < 1.29 is 4.79 Å². The lowest BCUT2D eigenvalue weighted by atomic mass is 10.1. The maximum Gasteiger partial charge on any atom is 0.251 e. The van der Waals surface area contributed by atoms with E-state index in [0.717, 1.165) is 29.1 Å². The fourth-order valence-electron chi connectivity index (χ4n) is 3.43. The minimum atomic E-state index is -0.0581. The molecule has 1 aromatic heterocycles. The van der Waals surface area contributed by atoms with Crippen LogP contribution in [0.15, 0.2) is 54.6 Å². The predicted octanol–water partition coefficient (Wildman–Crippen LogP) is 4.32. The Labute approximate surface area is 179 Å². The van der Waals surface area contributed by atoms with Gasteiger partial charge in [0.05, 0.1) is 12.2 Å². The highest BCUT2D eigenvalue weighted by molar-refractivity contribution is 5.94. The minimum Gasteiger partial charge on any atom is -0.348 e. The van der Waals surface area contributed by atoms with Crippen LogP contribution in [0.2, 0.25) is 0 Å². The molecule has 1 heterocycles. The Kier molecular flexibility index (Phi) is 7.06. The highest BCUT2D eigenvalue weighted by Gasteiger charge is 2.11. The maximum absolute atomic E-state index is 12.8. The monoisotopic (exact) mass is 404 g/mol. The van der Waals surface area contributed by atoms with Gasteiger partial charge >= 0.3 is 0 Å². The highest BCUT2D eigenvalue weighted by Crippen LogP contribution is 2.14. The van der Waals surface area contributed by atoms with Crippen LogP contribution < -0.4 is 5.32 Å². The van der Waals surface area contributed by atoms with Gasteiger partial charge in [-0.15, -0.1) is 0 Å². The van der Waals surface area contributed by atoms with Crippen molar-refractivity contribution in [1.82, 2.24) is 20.0 Å². The number of benzene rings is 2. The van der Waals surface area contributed by atoms with Crippen LogP contribution in [0.3, 0.4) is 0 Å². The first kappa shape index (κ1) is 21.8. The molecular formula is C25H32N4O. The second kappa shape index (κ2) is 9.72. The van der Waals surface area contributed by atoms with E-state index in [0.29, 0.717) is 24.7 Å². The number of nitrogens with one attached hydrogen (secondary N) is 1. The number of aromatic nitrogens is 2. The highest BCUT2D eigenvalue weighted by atomic mass is 16.1. The van der Waals surface area contributed by atoms with E-state index in [4.69, 9.17) is 0 Å². The summed E-state index contributed by atoms with van der Waals surface area (Å²) >= 11 is 0. The Bertz CT molecular complexity index is 1010. The molecule has 5 heteroatoms. The van der Waals surface area contributed by atoms with Crippen LogP contribution in [0.1, 0.15) is 52.3 Å². The van der Waals surface area contributed by atoms with Crippen LogP contribution >= 0.6 is 0 Å². The number of carbonyl (C=O) groups excluding carboxylic acids is 1. The number of amides is 1. The van der Waals surface area contributed by atoms with Crippen LogP contribution in [0.4, 0.5) is 0 Å². The molecule has 0 aliphatic heterocycles. The first-order valence-electron chi connectivity index (χ1n) is 10.5. The topological polar surface area (TPSA) is 50.2 Å². The molecule has 0 radical (unpaired) electrons. The third-order valence-corrected chi connectivity index (χ3v) is 5.48. The zero-order chi connectivity index (χ0) is 21.7. The molecule has 3 aromatic rings. The van der Waals surface area contributed by atoms with Gasteiger partial charge in [0.1, 0.15) is 0 Å². The molecule has 1 amide bonds. The maximum atomic E-state index is 12.8. The molecule has 0 atom stereocenters. The van der Waals surface area contributed by atoms with Crippen molar-refractivity contribution in [3.8, 4) is 0 Å². The molecule has 3 rings (SSSR count). The van der Waals surface area contributed by atoms with Crippen LogP contribution in [-0.4, -0.2) is 33.7 Å². The third-order valence-electron chi connectivity index (χ3n) is 5.48. The first-order chi connectivity index (χ1) is 14.3. The van der Waals surface area contributed by atoms with Crippen molar-refractivity contribution in [3.05, 3.63) is 88.2 Å². The number of aryl methyl sites for hydroxylation is 2. The van der Waals surface area contributed by atoms with Crippen molar-refractivity contribution >= 4 is 5.91 Å². The zero-order valence-corrected chi connectivity index (χ0v) is 18.6. The van der Waals surface area contributed by atoms with Crippen LogP contribution in [0.5, 0.6) is 0 Å². The van der Waals surface area contributed by atoms with Gasteiger partial charge in [0.2, 0.25) is 0 Å². The molecule has 0 fully saturated rings. The molecule has 0 bridgehead atoms. The van der Waals surface area contributed by atoms with Crippen molar-refractivity contribution in [2.24, 2.45) is 0 Å². The number of hydrogen-bond donors (Lipinski definition) is 1. The van der Waals surface area contributed by atoms with Gasteiger partial charge < -0.3 is 5.32 Å². The third kappa shape index (κ3) is 5.57. The molecule has 30 heavy (non-hydrogen) atoms. The molecule has 0 spiro atoms. The summed E-state index contributed by atoms with van der Waals surface area (Å²) in [6.45, 7) is 10.4. The van der Waals surface area contributed by atoms with Crippen molar-refractivity contribution in [1.29, 1.82) is 0 Å². The standard InChI is InChI=1S/C25H32N4O/c1-18(2)28(5)17-24-11-7-6-10-23(24)15-26-25(30)22-12-8-9-21(14-22)16-29-20(4)13-19(3)27-29/h6-14,18H,15-17H2,1-5H3,(H,26,30). The van der Waals surface area contributed by atoms with E-state index in [2.05, 4.69) is 60.5 Å². The van der Waals surface area contributed by atoms with Gasteiger partial charge in [-0.25, -0.2) is 0 Å². The van der Waals surface area contributed by atoms with Gasteiger partial charge in [0.25, 0.3) is 5.91 Å². The SMILES string of the molecule is Cc1cc(C)n(Cc2cccc(C(=O)NCc3ccccc3CN(C)C(C)C)c2)n1. The van der Waals surface area contributed by atoms with E-state index in [1.165, 1.54) is 5.56 Å². The summed E-state index contributed by atoms with van der Waals surface area (Å²) in [4.78, 5) is 15.1. The number of carbonyl (C=O) groups is 1. The van der Waals surface area contributed by atoms with Crippen molar-refractivity contribution in [2.75, 3.05) is 7.05 Å². The summed E-state index contributed by atoms with van der Waals surface area (Å²) in [5, 5.41) is 7.60. The Morgan fingerprint density at radius 1 is 1.07 bits per heavy atom. The fraction of sp³-hybridized carbons (Fsp3) is 0.360. The lowest BCUT2D eigenvalue weighted by molar-refractivity contribution is 0.0950. The van der Waals surface area contributed by atoms with Gasteiger partial charge in [-0.05, 0) is 69.6 Å². The summed E-state index contributed by atoms with van der Waals surface area (Å²) < 4.78 is 1.97. The number of hydrogen-bond acceptors (Lipinski definition) is 3. The molecule has 0 saturated heterocycles. The second-order valence-electron chi connectivity index (χ2n) is 8.25. The first-order valence-corrected chi connectivity index (χ1v) is 10.5. The lowest BCUT2D eigenvalue weighted by Crippen LogP contribution is -2.27. The molecule has 0 unspecified atom stereocenters. The predicted molar refractivity (Wildman–Crippen MR) is 121 cm³/mol. The second-order valence-corrected chi connectivity index (χ2v) is 8.25. The zero-order valence-electron chi connectivity index (χ0n) is 18.6. The average Bonchev–Trinajstić information content (AvgIpc) is 3.03. The van der Waals surface area contributed by atoms with E-state index in [9.17, 15) is 4.79 Å². The largest absolute Gasteiger partial charge is 0.348 e. The van der Waals surface area contributed by atoms with Crippen molar-refractivity contribution in [2.45, 2.75) is 53.4 Å². The van der Waals surface area contributed by atoms with Crippen LogP contribution in [0, 0.1) is 13.8 Å². The van der Waals surface area contributed by atoms with Gasteiger partial charge in [0.15, 0.2) is 0 Å². The van der Waals surface area contributed by atoms with Gasteiger partial charge in [-0.2, -0.15) is 5.10 Å². The summed E-state index contributed by atoms with van der Waals surface area (Å²) in [7, 11) is 2.12. The molecule has 158 valence electrons. The van der Waals surface area contributed by atoms with E-state index in [1.54, 1.807) is 0 Å². The molecule has 0 saturated carbocycles. The van der Waals surface area contributed by atoms with E-state index in [1.807, 2.05) is 48.9 Å². The van der Waals surface area contributed by atoms with E-state index < -0.39 is 0 Å². The quantitative estimate of drug-likeness (QED) is 0.608. The average molecular weight is 405 g/mol. The number of nitrogens with zero attached hydrogens (tertiary/aromatic N) is 3. The smallest absolute Gasteiger partial charge is 0.251 e. The van der Waals surface area contributed by atoms with Gasteiger partial charge in [0, 0.05) is 30.4 Å². The Morgan fingerprint density at radius 3 is 2.47 bits per heavy atom. The molecule has 5 nitrogen and oxygen atoms in total. The van der Waals surface area contributed by atoms with Crippen LogP contribution in [-0.2, 0) is 19.6 Å². The fourth-order valence-corrected chi connectivity index (χ4v) is 3.43. The van der Waals surface area contributed by atoms with Crippen LogP contribution in [0.25, 0.3) is 0 Å². The Hall–Kier alpha value is -2.92. The summed E-state index contributed by atoms with van der Waals surface area (Å²) in [6.07, 6.45) is 0. The lowest BCUT2D eigenvalue weighted by Gasteiger charge is -2.22. The molecule has 0 aliphatic rings. The van der Waals surface area contributed by atoms with Gasteiger partial charge in [-0.3, -0.25) is 14.4 Å². The Balaban J connectivity index is 1.67. The van der Waals surface area contributed by atoms with Gasteiger partial charge in [-0.1, -0.05) is 36.4 Å². The minimum absolute atomic E-state index is 0.0581. The molecule has 0 aliphatic carbocycles. The Morgan fingerprint density at radius 2 is 1.80 bits per heavy atom. The van der Waals surface area contributed by atoms with E-state index in [-0.39, 0.29) is 5.91 Å². The number of rotatable bonds is 8. The summed E-state index contributed by atoms with van der Waals surface area (Å²) in [5.41, 5.74) is 6.25. The molecule has 1 N–H and O–H groups in total. The van der Waals surface area contributed by atoms with E-state index >= 15 is 0 Å². The molecular weight excluding hydrogens is 372 g/mol. The normalized spacial score (nSPS) is 11.3. The summed E-state index contributed by atoms with van der Waals surface area (Å²) in [5.74, 6) is -0.0581. The summed E-state index contributed by atoms with van der Waals surface area (Å²) in [6, 6.07) is 18.6.